The average Bonchev–Trinajstić information content (AvgIpc) is 2.47. The SMILES string of the molecule is Cc1cc(OCC(=O)NNC(=S)NC(=O)C(C)(C)C)cc(C)c1Cl. The van der Waals surface area contributed by atoms with Gasteiger partial charge < -0.3 is 10.1 Å². The first kappa shape index (κ1) is 20.2. The summed E-state index contributed by atoms with van der Waals surface area (Å²) in [4.78, 5) is 23.5. The van der Waals surface area contributed by atoms with Gasteiger partial charge in [-0.05, 0) is 49.3 Å². The molecule has 0 saturated heterocycles. The largest absolute Gasteiger partial charge is 0.484 e. The van der Waals surface area contributed by atoms with Gasteiger partial charge in [0.05, 0.1) is 0 Å². The maximum Gasteiger partial charge on any atom is 0.276 e. The third-order valence-corrected chi connectivity index (χ3v) is 3.80. The smallest absolute Gasteiger partial charge is 0.276 e. The Hall–Kier alpha value is -1.86. The highest BCUT2D eigenvalue weighted by Gasteiger charge is 2.22. The number of carbonyl (C=O) groups is 2. The summed E-state index contributed by atoms with van der Waals surface area (Å²) < 4.78 is 5.41. The van der Waals surface area contributed by atoms with Gasteiger partial charge in [0, 0.05) is 10.4 Å². The Labute approximate surface area is 152 Å². The van der Waals surface area contributed by atoms with Gasteiger partial charge in [0.25, 0.3) is 5.91 Å². The number of carbonyl (C=O) groups excluding carboxylic acids is 2. The van der Waals surface area contributed by atoms with Crippen molar-refractivity contribution in [1.82, 2.24) is 16.2 Å². The lowest BCUT2D eigenvalue weighted by Gasteiger charge is -2.18. The third kappa shape index (κ3) is 6.33. The summed E-state index contributed by atoms with van der Waals surface area (Å²) >= 11 is 11.0. The number of benzene rings is 1. The Kier molecular flexibility index (Phi) is 6.98. The highest BCUT2D eigenvalue weighted by atomic mass is 35.5. The lowest BCUT2D eigenvalue weighted by Crippen LogP contribution is -2.51. The van der Waals surface area contributed by atoms with Gasteiger partial charge in [-0.2, -0.15) is 0 Å². The van der Waals surface area contributed by atoms with E-state index in [0.717, 1.165) is 11.1 Å². The molecule has 0 aliphatic carbocycles. The predicted octanol–water partition coefficient (Wildman–Crippen LogP) is 2.40. The summed E-state index contributed by atoms with van der Waals surface area (Å²) in [7, 11) is 0. The topological polar surface area (TPSA) is 79.5 Å². The summed E-state index contributed by atoms with van der Waals surface area (Å²) in [5.41, 5.74) is 5.97. The van der Waals surface area contributed by atoms with Crippen LogP contribution in [0.15, 0.2) is 12.1 Å². The van der Waals surface area contributed by atoms with E-state index in [9.17, 15) is 9.59 Å². The molecule has 3 N–H and O–H groups in total. The van der Waals surface area contributed by atoms with Crippen LogP contribution in [-0.4, -0.2) is 23.5 Å². The van der Waals surface area contributed by atoms with E-state index in [1.807, 2.05) is 13.8 Å². The fourth-order valence-corrected chi connectivity index (χ4v) is 1.88. The van der Waals surface area contributed by atoms with Crippen LogP contribution in [0.4, 0.5) is 0 Å². The minimum atomic E-state index is -0.580. The molecule has 0 bridgehead atoms. The zero-order chi connectivity index (χ0) is 18.5. The van der Waals surface area contributed by atoms with Gasteiger partial charge in [-0.25, -0.2) is 0 Å². The van der Waals surface area contributed by atoms with Crippen LogP contribution in [0, 0.1) is 19.3 Å². The molecular formula is C16H22ClN3O3S. The van der Waals surface area contributed by atoms with Gasteiger partial charge in [0.15, 0.2) is 11.7 Å². The van der Waals surface area contributed by atoms with E-state index >= 15 is 0 Å². The maximum atomic E-state index is 11.7. The van der Waals surface area contributed by atoms with Crippen molar-refractivity contribution in [1.29, 1.82) is 0 Å². The Morgan fingerprint density at radius 3 is 2.21 bits per heavy atom. The van der Waals surface area contributed by atoms with Crippen molar-refractivity contribution >= 4 is 40.7 Å². The summed E-state index contributed by atoms with van der Waals surface area (Å²) in [5, 5.41) is 3.17. The molecule has 0 aliphatic heterocycles. The van der Waals surface area contributed by atoms with Gasteiger partial charge in [-0.3, -0.25) is 20.4 Å². The van der Waals surface area contributed by atoms with Gasteiger partial charge in [0.1, 0.15) is 5.75 Å². The zero-order valence-corrected chi connectivity index (χ0v) is 15.9. The second-order valence-electron chi connectivity index (χ2n) is 6.37. The molecule has 8 heteroatoms. The Bertz CT molecular complexity index is 633. The first-order valence-corrected chi connectivity index (χ1v) is 8.09. The molecule has 2 amide bonds. The number of amides is 2. The van der Waals surface area contributed by atoms with Crippen LogP contribution in [0.1, 0.15) is 31.9 Å². The summed E-state index contributed by atoms with van der Waals surface area (Å²) in [6.45, 7) is 8.79. The molecule has 0 spiro atoms. The molecule has 0 saturated carbocycles. The molecule has 0 aromatic heterocycles. The second kappa shape index (κ2) is 8.30. The van der Waals surface area contributed by atoms with Crippen LogP contribution >= 0.6 is 23.8 Å². The molecule has 24 heavy (non-hydrogen) atoms. The minimum absolute atomic E-state index is 0.0152. The van der Waals surface area contributed by atoms with Crippen molar-refractivity contribution in [2.45, 2.75) is 34.6 Å². The van der Waals surface area contributed by atoms with Crippen LogP contribution in [0.5, 0.6) is 5.75 Å². The van der Waals surface area contributed by atoms with E-state index in [-0.39, 0.29) is 17.6 Å². The Morgan fingerprint density at radius 2 is 1.71 bits per heavy atom. The van der Waals surface area contributed by atoms with Crippen molar-refractivity contribution in [3.05, 3.63) is 28.3 Å². The van der Waals surface area contributed by atoms with E-state index in [4.69, 9.17) is 28.6 Å². The third-order valence-electron chi connectivity index (χ3n) is 3.00. The summed E-state index contributed by atoms with van der Waals surface area (Å²) in [6.07, 6.45) is 0. The molecule has 0 unspecified atom stereocenters. The van der Waals surface area contributed by atoms with Crippen molar-refractivity contribution in [2.24, 2.45) is 5.41 Å². The number of hydrogen-bond acceptors (Lipinski definition) is 4. The first-order valence-electron chi connectivity index (χ1n) is 7.30. The predicted molar refractivity (Wildman–Crippen MR) is 97.9 cm³/mol. The Morgan fingerprint density at radius 1 is 1.17 bits per heavy atom. The van der Waals surface area contributed by atoms with Crippen LogP contribution in [0.25, 0.3) is 0 Å². The molecule has 0 radical (unpaired) electrons. The fourth-order valence-electron chi connectivity index (χ4n) is 1.62. The molecule has 1 rings (SSSR count). The van der Waals surface area contributed by atoms with Crippen LogP contribution in [0.3, 0.4) is 0 Å². The molecule has 132 valence electrons. The number of hydrogen-bond donors (Lipinski definition) is 3. The van der Waals surface area contributed by atoms with E-state index < -0.39 is 11.3 Å². The maximum absolute atomic E-state index is 11.7. The van der Waals surface area contributed by atoms with E-state index in [1.165, 1.54) is 0 Å². The standard InChI is InChI=1S/C16H22ClN3O3S/c1-9-6-11(7-10(2)13(9)17)23-8-12(21)19-20-15(24)18-14(22)16(3,4)5/h6-7H,8H2,1-5H3,(H,19,21)(H2,18,20,22,24). The van der Waals surface area contributed by atoms with Crippen molar-refractivity contribution in [2.75, 3.05) is 6.61 Å². The van der Waals surface area contributed by atoms with Gasteiger partial charge in [0.2, 0.25) is 5.91 Å². The van der Waals surface area contributed by atoms with E-state index in [1.54, 1.807) is 32.9 Å². The number of rotatable bonds is 3. The Balaban J connectivity index is 2.42. The summed E-state index contributed by atoms with van der Waals surface area (Å²) in [5.74, 6) is -0.140. The van der Waals surface area contributed by atoms with Gasteiger partial charge in [-0.1, -0.05) is 32.4 Å². The number of nitrogens with one attached hydrogen (secondary N) is 3. The molecule has 0 fully saturated rings. The monoisotopic (exact) mass is 371 g/mol. The van der Waals surface area contributed by atoms with Crippen molar-refractivity contribution in [3.63, 3.8) is 0 Å². The molecule has 0 heterocycles. The zero-order valence-electron chi connectivity index (χ0n) is 14.4. The minimum Gasteiger partial charge on any atom is -0.484 e. The second-order valence-corrected chi connectivity index (χ2v) is 7.15. The number of halogens is 1. The van der Waals surface area contributed by atoms with Gasteiger partial charge in [-0.15, -0.1) is 0 Å². The fraction of sp³-hybridized carbons (Fsp3) is 0.438. The number of hydrazine groups is 1. The molecule has 0 atom stereocenters. The van der Waals surface area contributed by atoms with Crippen LogP contribution < -0.4 is 20.9 Å². The lowest BCUT2D eigenvalue weighted by atomic mass is 9.96. The first-order chi connectivity index (χ1) is 11.0. The van der Waals surface area contributed by atoms with E-state index in [0.29, 0.717) is 10.8 Å². The van der Waals surface area contributed by atoms with Crippen molar-refractivity contribution in [3.8, 4) is 5.75 Å². The quantitative estimate of drug-likeness (QED) is 0.561. The molecule has 1 aromatic rings. The molecule has 1 aromatic carbocycles. The van der Waals surface area contributed by atoms with E-state index in [2.05, 4.69) is 16.2 Å². The number of thiocarbonyl (C=S) groups is 1. The molecule has 0 aliphatic rings. The van der Waals surface area contributed by atoms with Crippen LogP contribution in [-0.2, 0) is 9.59 Å². The van der Waals surface area contributed by atoms with Gasteiger partial charge >= 0.3 is 0 Å². The highest BCUT2D eigenvalue weighted by Crippen LogP contribution is 2.25. The summed E-state index contributed by atoms with van der Waals surface area (Å²) in [6, 6.07) is 3.51. The lowest BCUT2D eigenvalue weighted by molar-refractivity contribution is -0.127. The van der Waals surface area contributed by atoms with Crippen LogP contribution in [0.2, 0.25) is 5.02 Å². The highest BCUT2D eigenvalue weighted by molar-refractivity contribution is 7.80. The van der Waals surface area contributed by atoms with Crippen molar-refractivity contribution < 1.29 is 14.3 Å². The average molecular weight is 372 g/mol. The molecule has 6 nitrogen and oxygen atoms in total. The normalized spacial score (nSPS) is 10.8. The molecular weight excluding hydrogens is 350 g/mol. The number of aryl methyl sites for hydroxylation is 2. The number of ether oxygens (including phenoxy) is 1.